The van der Waals surface area contributed by atoms with Gasteiger partial charge in [0.2, 0.25) is 0 Å². The molecular weight excluding hydrogens is 318 g/mol. The maximum absolute atomic E-state index is 12.1. The second kappa shape index (κ2) is 7.22. The maximum atomic E-state index is 12.1. The van der Waals surface area contributed by atoms with E-state index >= 15 is 0 Å². The largest absolute Gasteiger partial charge is 0.320 e. The van der Waals surface area contributed by atoms with E-state index < -0.39 is 5.54 Å². The molecule has 0 atom stereocenters. The Labute approximate surface area is 147 Å². The molecule has 3 rings (SSSR count). The third-order valence-corrected chi connectivity index (χ3v) is 5.57. The Morgan fingerprint density at radius 3 is 1.96 bits per heavy atom. The lowest BCUT2D eigenvalue weighted by Gasteiger charge is -2.42. The molecular formula is C20H21NO2S. The van der Waals surface area contributed by atoms with E-state index in [1.54, 1.807) is 11.8 Å². The highest BCUT2D eigenvalue weighted by Crippen LogP contribution is 2.50. The lowest BCUT2D eigenvalue weighted by molar-refractivity contribution is -0.121. The number of anilines is 2. The van der Waals surface area contributed by atoms with E-state index in [9.17, 15) is 9.59 Å². The van der Waals surface area contributed by atoms with E-state index in [2.05, 4.69) is 6.92 Å². The van der Waals surface area contributed by atoms with E-state index in [0.717, 1.165) is 53.0 Å². The van der Waals surface area contributed by atoms with E-state index in [-0.39, 0.29) is 0 Å². The summed E-state index contributed by atoms with van der Waals surface area (Å²) in [6, 6.07) is 15.9. The number of hydrogen-bond acceptors (Lipinski definition) is 4. The minimum absolute atomic E-state index is 0.529. The van der Waals surface area contributed by atoms with E-state index in [1.807, 2.05) is 53.4 Å². The van der Waals surface area contributed by atoms with Crippen molar-refractivity contribution in [3.8, 4) is 0 Å². The zero-order valence-corrected chi connectivity index (χ0v) is 14.6. The van der Waals surface area contributed by atoms with Crippen molar-refractivity contribution in [1.29, 1.82) is 0 Å². The van der Waals surface area contributed by atoms with Crippen molar-refractivity contribution in [3.05, 3.63) is 48.5 Å². The second-order valence-corrected chi connectivity index (χ2v) is 7.14. The average molecular weight is 339 g/mol. The molecule has 0 amide bonds. The van der Waals surface area contributed by atoms with Gasteiger partial charge in [-0.15, -0.1) is 0 Å². The van der Waals surface area contributed by atoms with Gasteiger partial charge in [0.25, 0.3) is 0 Å². The summed E-state index contributed by atoms with van der Waals surface area (Å²) in [7, 11) is 0. The summed E-state index contributed by atoms with van der Waals surface area (Å²) in [6.07, 6.45) is 5.08. The molecule has 0 bridgehead atoms. The summed E-state index contributed by atoms with van der Waals surface area (Å²) in [4.78, 5) is 28.3. The molecule has 0 aliphatic carbocycles. The first-order valence-electron chi connectivity index (χ1n) is 8.34. The van der Waals surface area contributed by atoms with Crippen molar-refractivity contribution in [2.75, 3.05) is 4.90 Å². The van der Waals surface area contributed by atoms with Gasteiger partial charge >= 0.3 is 0 Å². The van der Waals surface area contributed by atoms with Crippen LogP contribution < -0.4 is 4.90 Å². The third kappa shape index (κ3) is 2.86. The van der Waals surface area contributed by atoms with Crippen LogP contribution in [0.25, 0.3) is 0 Å². The number of unbranched alkanes of at least 4 members (excludes halogenated alkanes) is 2. The van der Waals surface area contributed by atoms with Gasteiger partial charge in [-0.25, -0.2) is 0 Å². The number of carbonyl (C=O) groups is 2. The molecule has 1 heterocycles. The summed E-state index contributed by atoms with van der Waals surface area (Å²) < 4.78 is 0. The maximum Gasteiger partial charge on any atom is 0.156 e. The number of aldehydes is 2. The van der Waals surface area contributed by atoms with Crippen LogP contribution in [0.1, 0.15) is 32.6 Å². The normalized spacial score (nSPS) is 13.1. The summed E-state index contributed by atoms with van der Waals surface area (Å²) in [5, 5.41) is 0. The van der Waals surface area contributed by atoms with Crippen molar-refractivity contribution in [3.63, 3.8) is 0 Å². The van der Waals surface area contributed by atoms with Crippen LogP contribution in [0.15, 0.2) is 58.3 Å². The molecule has 2 aromatic carbocycles. The monoisotopic (exact) mass is 339 g/mol. The first-order valence-corrected chi connectivity index (χ1v) is 9.16. The lowest BCUT2D eigenvalue weighted by atomic mass is 9.91. The number of carbonyl (C=O) groups excluding carboxylic acids is 2. The van der Waals surface area contributed by atoms with E-state index in [1.165, 1.54) is 0 Å². The fourth-order valence-electron chi connectivity index (χ4n) is 3.17. The third-order valence-electron chi connectivity index (χ3n) is 4.44. The van der Waals surface area contributed by atoms with Crippen molar-refractivity contribution in [2.24, 2.45) is 0 Å². The highest BCUT2D eigenvalue weighted by molar-refractivity contribution is 7.99. The standard InChI is InChI=1S/C20H21NO2S/c1-2-3-8-13-20(14-22,15-23)21-16-9-4-6-11-18(16)24-19-12-7-5-10-17(19)21/h4-7,9-12,14-15H,2-3,8,13H2,1H3. The minimum atomic E-state index is -1.15. The quantitative estimate of drug-likeness (QED) is 0.404. The molecule has 2 aromatic rings. The van der Waals surface area contributed by atoms with E-state index in [0.29, 0.717) is 6.42 Å². The highest BCUT2D eigenvalue weighted by atomic mass is 32.2. The van der Waals surface area contributed by atoms with Gasteiger partial charge in [-0.2, -0.15) is 0 Å². The van der Waals surface area contributed by atoms with Gasteiger partial charge in [0.05, 0.1) is 11.4 Å². The van der Waals surface area contributed by atoms with Crippen LogP contribution in [0.2, 0.25) is 0 Å². The number of fused-ring (bicyclic) bond motifs is 2. The lowest BCUT2D eigenvalue weighted by Crippen LogP contribution is -2.50. The van der Waals surface area contributed by atoms with Crippen molar-refractivity contribution in [1.82, 2.24) is 0 Å². The summed E-state index contributed by atoms with van der Waals surface area (Å²) >= 11 is 1.68. The fourth-order valence-corrected chi connectivity index (χ4v) is 4.23. The Morgan fingerprint density at radius 1 is 0.917 bits per heavy atom. The summed E-state index contributed by atoms with van der Waals surface area (Å²) in [5.74, 6) is 0. The highest BCUT2D eigenvalue weighted by Gasteiger charge is 2.41. The first kappa shape index (κ1) is 16.8. The van der Waals surface area contributed by atoms with Crippen molar-refractivity contribution < 1.29 is 9.59 Å². The van der Waals surface area contributed by atoms with Gasteiger partial charge in [0, 0.05) is 9.79 Å². The van der Waals surface area contributed by atoms with Crippen LogP contribution >= 0.6 is 11.8 Å². The van der Waals surface area contributed by atoms with Crippen LogP contribution in [0.3, 0.4) is 0 Å². The molecule has 0 saturated carbocycles. The number of hydrogen-bond donors (Lipinski definition) is 0. The SMILES string of the molecule is CCCCCC(C=O)(C=O)N1c2ccccc2Sc2ccccc21. The fraction of sp³-hybridized carbons (Fsp3) is 0.300. The first-order chi connectivity index (χ1) is 11.8. The smallest absolute Gasteiger partial charge is 0.156 e. The Morgan fingerprint density at radius 2 is 1.46 bits per heavy atom. The van der Waals surface area contributed by atoms with Gasteiger partial charge in [0.15, 0.2) is 18.1 Å². The zero-order valence-electron chi connectivity index (χ0n) is 13.8. The molecule has 0 spiro atoms. The molecule has 3 nitrogen and oxygen atoms in total. The van der Waals surface area contributed by atoms with Crippen LogP contribution in [0.5, 0.6) is 0 Å². The van der Waals surface area contributed by atoms with Crippen LogP contribution in [-0.4, -0.2) is 18.1 Å². The molecule has 0 radical (unpaired) electrons. The predicted octanol–water partition coefficient (Wildman–Crippen LogP) is 5.01. The number of para-hydroxylation sites is 2. The topological polar surface area (TPSA) is 37.4 Å². The van der Waals surface area contributed by atoms with Gasteiger partial charge in [0.1, 0.15) is 0 Å². The van der Waals surface area contributed by atoms with Gasteiger partial charge < -0.3 is 14.5 Å². The predicted molar refractivity (Wildman–Crippen MR) is 98.1 cm³/mol. The summed E-state index contributed by atoms with van der Waals surface area (Å²) in [5.41, 5.74) is 0.705. The van der Waals surface area contributed by atoms with Gasteiger partial charge in [-0.05, 0) is 30.7 Å². The molecule has 4 heteroatoms. The van der Waals surface area contributed by atoms with E-state index in [4.69, 9.17) is 0 Å². The van der Waals surface area contributed by atoms with Crippen molar-refractivity contribution in [2.45, 2.75) is 47.9 Å². The van der Waals surface area contributed by atoms with Gasteiger partial charge in [-0.1, -0.05) is 62.2 Å². The molecule has 1 aliphatic rings. The van der Waals surface area contributed by atoms with Crippen LogP contribution in [0, 0.1) is 0 Å². The Bertz CT molecular complexity index is 690. The molecule has 0 fully saturated rings. The van der Waals surface area contributed by atoms with Crippen molar-refractivity contribution >= 4 is 35.7 Å². The van der Waals surface area contributed by atoms with Crippen LogP contribution in [-0.2, 0) is 9.59 Å². The molecule has 0 N–H and O–H groups in total. The molecule has 124 valence electrons. The Hall–Kier alpha value is -2.07. The number of benzene rings is 2. The average Bonchev–Trinajstić information content (AvgIpc) is 2.64. The number of nitrogens with zero attached hydrogens (tertiary/aromatic N) is 1. The molecule has 0 saturated heterocycles. The Balaban J connectivity index is 2.13. The molecule has 24 heavy (non-hydrogen) atoms. The Kier molecular flexibility index (Phi) is 5.05. The summed E-state index contributed by atoms with van der Waals surface area (Å²) in [6.45, 7) is 2.12. The number of rotatable bonds is 7. The molecule has 0 unspecified atom stereocenters. The molecule has 0 aromatic heterocycles. The van der Waals surface area contributed by atoms with Gasteiger partial charge in [-0.3, -0.25) is 0 Å². The second-order valence-electron chi connectivity index (χ2n) is 6.06. The molecule has 1 aliphatic heterocycles. The zero-order chi connectivity index (χ0) is 17.0. The minimum Gasteiger partial charge on any atom is -0.320 e. The van der Waals surface area contributed by atoms with Crippen LogP contribution in [0.4, 0.5) is 11.4 Å².